The number of ether oxygens (including phenoxy) is 4. The molecule has 0 heterocycles. The number of hydrogen-bond donors (Lipinski definition) is 3. The Morgan fingerprint density at radius 3 is 0.872 bits per heavy atom. The van der Waals surface area contributed by atoms with Crippen molar-refractivity contribution < 1.29 is 80.2 Å². The first kappa shape index (κ1) is 76.1. The average molecular weight is 1160 g/mol. The van der Waals surface area contributed by atoms with E-state index in [0.717, 1.165) is 96.3 Å². The monoisotopic (exact) mass is 1160 g/mol. The summed E-state index contributed by atoms with van der Waals surface area (Å²) in [4.78, 5) is 71.7. The van der Waals surface area contributed by atoms with Gasteiger partial charge in [-0.15, -0.1) is 0 Å². The number of phosphoric acid groups is 2. The lowest BCUT2D eigenvalue weighted by atomic mass is 10.0. The van der Waals surface area contributed by atoms with E-state index in [1.807, 2.05) is 0 Å². The molecule has 0 fully saturated rings. The Morgan fingerprint density at radius 1 is 0.346 bits per heavy atom. The van der Waals surface area contributed by atoms with Gasteiger partial charge in [-0.05, 0) is 31.6 Å². The van der Waals surface area contributed by atoms with Crippen LogP contribution in [0.2, 0.25) is 0 Å². The number of carbonyl (C=O) groups excluding carboxylic acids is 4. The number of hydrogen-bond acceptors (Lipinski definition) is 15. The van der Waals surface area contributed by atoms with Crippen molar-refractivity contribution in [3.8, 4) is 0 Å². The van der Waals surface area contributed by atoms with Crippen molar-refractivity contribution in [1.29, 1.82) is 0 Å². The second-order valence-electron chi connectivity index (χ2n) is 21.9. The summed E-state index contributed by atoms with van der Waals surface area (Å²) in [5, 5.41) is 10.5. The minimum Gasteiger partial charge on any atom is -0.462 e. The molecular weight excluding hydrogens is 1040 g/mol. The van der Waals surface area contributed by atoms with E-state index in [2.05, 4.69) is 34.6 Å². The average Bonchev–Trinajstić information content (AvgIpc) is 3.40. The molecule has 0 saturated heterocycles. The molecule has 0 aromatic heterocycles. The maximum absolute atomic E-state index is 12.9. The summed E-state index contributed by atoms with van der Waals surface area (Å²) in [5.41, 5.74) is 0. The standard InChI is InChI=1S/C59H114O17P2/c1-6-9-12-15-17-19-21-22-23-24-26-28-34-39-44-58(63)75-55(49-70-57(62)43-38-33-27-25-20-18-16-13-10-7-2)51-74-78(67,68)72-47-53(60)46-71-77(65,66)73-50-54(48-69-56(61)42-37-31-14-11-8-3)76-59(64)45-40-35-30-29-32-36-41-52(4)5/h52-55,60H,6-51H2,1-5H3,(H,65,66)(H,67,68)/t53-,54+,55+/m0/s1. The van der Waals surface area contributed by atoms with Crippen molar-refractivity contribution in [2.24, 2.45) is 5.92 Å². The highest BCUT2D eigenvalue weighted by Gasteiger charge is 2.30. The highest BCUT2D eigenvalue weighted by Crippen LogP contribution is 2.45. The van der Waals surface area contributed by atoms with Crippen molar-refractivity contribution in [1.82, 2.24) is 0 Å². The highest BCUT2D eigenvalue weighted by molar-refractivity contribution is 7.47. The van der Waals surface area contributed by atoms with Gasteiger partial charge in [0.25, 0.3) is 0 Å². The van der Waals surface area contributed by atoms with E-state index < -0.39 is 97.5 Å². The normalized spacial score (nSPS) is 14.4. The highest BCUT2D eigenvalue weighted by atomic mass is 31.2. The van der Waals surface area contributed by atoms with Crippen molar-refractivity contribution >= 4 is 39.5 Å². The molecule has 0 saturated carbocycles. The van der Waals surface area contributed by atoms with Gasteiger partial charge in [0, 0.05) is 25.7 Å². The Morgan fingerprint density at radius 2 is 0.590 bits per heavy atom. The zero-order valence-electron chi connectivity index (χ0n) is 49.8. The van der Waals surface area contributed by atoms with Gasteiger partial charge in [-0.25, -0.2) is 9.13 Å². The van der Waals surface area contributed by atoms with Crippen LogP contribution in [0.3, 0.4) is 0 Å². The van der Waals surface area contributed by atoms with Crippen molar-refractivity contribution in [3.05, 3.63) is 0 Å². The Bertz CT molecular complexity index is 1530. The molecule has 17 nitrogen and oxygen atoms in total. The van der Waals surface area contributed by atoms with Crippen LogP contribution in [0.4, 0.5) is 0 Å². The molecule has 3 N–H and O–H groups in total. The zero-order valence-corrected chi connectivity index (χ0v) is 51.6. The molecule has 0 aliphatic carbocycles. The molecule has 19 heteroatoms. The lowest BCUT2D eigenvalue weighted by Gasteiger charge is -2.21. The molecule has 0 rings (SSSR count). The Hall–Kier alpha value is -1.94. The number of carbonyl (C=O) groups is 4. The first-order chi connectivity index (χ1) is 37.5. The van der Waals surface area contributed by atoms with Gasteiger partial charge < -0.3 is 33.8 Å². The van der Waals surface area contributed by atoms with Gasteiger partial charge in [-0.1, -0.05) is 240 Å². The van der Waals surface area contributed by atoms with Gasteiger partial charge in [0.05, 0.1) is 26.4 Å². The largest absolute Gasteiger partial charge is 0.472 e. The fourth-order valence-corrected chi connectivity index (χ4v) is 10.3. The van der Waals surface area contributed by atoms with Gasteiger partial charge in [-0.3, -0.25) is 37.3 Å². The first-order valence-corrected chi connectivity index (χ1v) is 34.1. The zero-order chi connectivity index (χ0) is 57.8. The third-order valence-electron chi connectivity index (χ3n) is 13.5. The number of unbranched alkanes of at least 4 members (excludes halogenated alkanes) is 31. The minimum absolute atomic E-state index is 0.101. The quantitative estimate of drug-likeness (QED) is 0.0222. The third kappa shape index (κ3) is 53.4. The smallest absolute Gasteiger partial charge is 0.462 e. The van der Waals surface area contributed by atoms with Crippen LogP contribution in [0.25, 0.3) is 0 Å². The van der Waals surface area contributed by atoms with E-state index >= 15 is 0 Å². The summed E-state index contributed by atoms with van der Waals surface area (Å²) in [6, 6.07) is 0. The fourth-order valence-electron chi connectivity index (χ4n) is 8.70. The number of phosphoric ester groups is 2. The van der Waals surface area contributed by atoms with Crippen LogP contribution in [0.1, 0.15) is 291 Å². The molecule has 0 aromatic carbocycles. The van der Waals surface area contributed by atoms with Gasteiger partial charge in [0.1, 0.15) is 19.3 Å². The van der Waals surface area contributed by atoms with Crippen LogP contribution < -0.4 is 0 Å². The molecule has 462 valence electrons. The lowest BCUT2D eigenvalue weighted by Crippen LogP contribution is -2.30. The molecule has 0 aromatic rings. The molecule has 0 aliphatic heterocycles. The van der Waals surface area contributed by atoms with Crippen LogP contribution in [-0.2, 0) is 65.4 Å². The minimum atomic E-state index is -4.94. The number of aliphatic hydroxyl groups is 1. The molecule has 0 spiro atoms. The SMILES string of the molecule is CCCCCCCCCCCCCCCCC(=O)O[C@H](COC(=O)CCCCCCCCCCCC)COP(=O)(O)OC[C@@H](O)COP(=O)(O)OC[C@@H](COC(=O)CCCCCCC)OC(=O)CCCCCCCCC(C)C. The molecule has 0 amide bonds. The summed E-state index contributed by atoms with van der Waals surface area (Å²) >= 11 is 0. The summed E-state index contributed by atoms with van der Waals surface area (Å²) < 4.78 is 67.5. The maximum Gasteiger partial charge on any atom is 0.472 e. The lowest BCUT2D eigenvalue weighted by molar-refractivity contribution is -0.161. The summed E-state index contributed by atoms with van der Waals surface area (Å²) in [6.45, 7) is 6.97. The van der Waals surface area contributed by atoms with Crippen LogP contribution in [-0.4, -0.2) is 96.7 Å². The molecular formula is C59H114O17P2. The summed E-state index contributed by atoms with van der Waals surface area (Å²) in [5.74, 6) is -1.48. The molecule has 5 atom stereocenters. The predicted molar refractivity (Wildman–Crippen MR) is 308 cm³/mol. The van der Waals surface area contributed by atoms with Gasteiger partial charge in [0.15, 0.2) is 12.2 Å². The number of esters is 4. The Kier molecular flexibility index (Phi) is 51.8. The van der Waals surface area contributed by atoms with E-state index in [1.165, 1.54) is 109 Å². The second-order valence-corrected chi connectivity index (χ2v) is 24.8. The van der Waals surface area contributed by atoms with Gasteiger partial charge in [-0.2, -0.15) is 0 Å². The van der Waals surface area contributed by atoms with Crippen LogP contribution in [0.15, 0.2) is 0 Å². The van der Waals surface area contributed by atoms with Crippen molar-refractivity contribution in [3.63, 3.8) is 0 Å². The first-order valence-electron chi connectivity index (χ1n) is 31.1. The van der Waals surface area contributed by atoms with Crippen LogP contribution in [0, 0.1) is 5.92 Å². The molecule has 0 bridgehead atoms. The fraction of sp³-hybridized carbons (Fsp3) is 0.932. The molecule has 2 unspecified atom stereocenters. The van der Waals surface area contributed by atoms with E-state index in [-0.39, 0.29) is 25.7 Å². The van der Waals surface area contributed by atoms with E-state index in [9.17, 15) is 43.2 Å². The van der Waals surface area contributed by atoms with E-state index in [0.29, 0.717) is 31.6 Å². The summed E-state index contributed by atoms with van der Waals surface area (Å²) in [7, 11) is -9.87. The predicted octanol–water partition coefficient (Wildman–Crippen LogP) is 15.8. The molecule has 0 radical (unpaired) electrons. The number of rotatable bonds is 59. The Labute approximate surface area is 473 Å². The van der Waals surface area contributed by atoms with Gasteiger partial charge >= 0.3 is 39.5 Å². The molecule has 78 heavy (non-hydrogen) atoms. The summed E-state index contributed by atoms with van der Waals surface area (Å²) in [6.07, 6.45) is 35.3. The van der Waals surface area contributed by atoms with Crippen LogP contribution in [0.5, 0.6) is 0 Å². The number of aliphatic hydroxyl groups excluding tert-OH is 1. The van der Waals surface area contributed by atoms with Gasteiger partial charge in [0.2, 0.25) is 0 Å². The maximum atomic E-state index is 12.9. The van der Waals surface area contributed by atoms with Crippen LogP contribution >= 0.6 is 15.6 Å². The Balaban J connectivity index is 5.17. The molecule has 0 aliphatic rings. The van der Waals surface area contributed by atoms with Crippen molar-refractivity contribution in [2.75, 3.05) is 39.6 Å². The van der Waals surface area contributed by atoms with Crippen molar-refractivity contribution in [2.45, 2.75) is 310 Å². The van der Waals surface area contributed by atoms with E-state index in [1.54, 1.807) is 0 Å². The second kappa shape index (κ2) is 53.1. The third-order valence-corrected chi connectivity index (χ3v) is 15.4. The van der Waals surface area contributed by atoms with E-state index in [4.69, 9.17) is 37.0 Å². The topological polar surface area (TPSA) is 237 Å².